The van der Waals surface area contributed by atoms with E-state index in [1.165, 1.54) is 6.07 Å². The van der Waals surface area contributed by atoms with Crippen molar-refractivity contribution in [3.05, 3.63) is 28.8 Å². The Balaban J connectivity index is 3.46. The number of phenolic OH excluding ortho intramolecular Hbond substituents is 1. The standard InChI is InChI=1S/C14H19F3O/c1-5-9(4)11-6-12(14(15,16)17)10(8(2)3)7-13(11)18/h6-9,18H,5H2,1-4H3. The molecule has 0 heterocycles. The average molecular weight is 260 g/mol. The van der Waals surface area contributed by atoms with Gasteiger partial charge in [0, 0.05) is 0 Å². The third kappa shape index (κ3) is 2.98. The Kier molecular flexibility index (Phi) is 4.30. The van der Waals surface area contributed by atoms with Gasteiger partial charge >= 0.3 is 6.18 Å². The van der Waals surface area contributed by atoms with Crippen LogP contribution in [0.1, 0.15) is 62.6 Å². The average Bonchev–Trinajstić information content (AvgIpc) is 2.25. The number of rotatable bonds is 3. The summed E-state index contributed by atoms with van der Waals surface area (Å²) in [4.78, 5) is 0. The molecular weight excluding hydrogens is 241 g/mol. The molecule has 1 aromatic rings. The lowest BCUT2D eigenvalue weighted by atomic mass is 9.89. The number of alkyl halides is 3. The number of halogens is 3. The first-order valence-electron chi connectivity index (χ1n) is 6.12. The first-order valence-corrected chi connectivity index (χ1v) is 6.12. The van der Waals surface area contributed by atoms with E-state index < -0.39 is 11.7 Å². The van der Waals surface area contributed by atoms with Gasteiger partial charge in [-0.05, 0) is 41.5 Å². The van der Waals surface area contributed by atoms with Gasteiger partial charge in [-0.3, -0.25) is 0 Å². The number of aromatic hydroxyl groups is 1. The molecule has 0 fully saturated rings. The molecule has 0 spiro atoms. The molecule has 0 saturated heterocycles. The quantitative estimate of drug-likeness (QED) is 0.806. The number of hydrogen-bond donors (Lipinski definition) is 1. The van der Waals surface area contributed by atoms with Crippen LogP contribution in [0.4, 0.5) is 13.2 Å². The van der Waals surface area contributed by atoms with E-state index in [9.17, 15) is 18.3 Å². The van der Waals surface area contributed by atoms with Crippen molar-refractivity contribution in [2.75, 3.05) is 0 Å². The second-order valence-electron chi connectivity index (χ2n) is 4.96. The number of phenols is 1. The molecule has 1 unspecified atom stereocenters. The highest BCUT2D eigenvalue weighted by atomic mass is 19.4. The Morgan fingerprint density at radius 3 is 2.06 bits per heavy atom. The van der Waals surface area contributed by atoms with Gasteiger partial charge in [-0.1, -0.05) is 27.7 Å². The third-order valence-electron chi connectivity index (χ3n) is 3.27. The molecule has 0 aliphatic heterocycles. The van der Waals surface area contributed by atoms with Crippen LogP contribution in [-0.2, 0) is 6.18 Å². The Hall–Kier alpha value is -1.19. The molecule has 1 N–H and O–H groups in total. The summed E-state index contributed by atoms with van der Waals surface area (Å²) in [6.45, 7) is 7.07. The molecule has 1 nitrogen and oxygen atoms in total. The lowest BCUT2D eigenvalue weighted by Gasteiger charge is -2.20. The lowest BCUT2D eigenvalue weighted by Crippen LogP contribution is -2.11. The van der Waals surface area contributed by atoms with Crippen molar-refractivity contribution in [1.82, 2.24) is 0 Å². The molecule has 4 heteroatoms. The van der Waals surface area contributed by atoms with Crippen LogP contribution in [0.3, 0.4) is 0 Å². The van der Waals surface area contributed by atoms with Gasteiger partial charge in [0.25, 0.3) is 0 Å². The highest BCUT2D eigenvalue weighted by Gasteiger charge is 2.35. The molecule has 0 saturated carbocycles. The molecule has 0 aliphatic carbocycles. The molecule has 18 heavy (non-hydrogen) atoms. The van der Waals surface area contributed by atoms with Crippen LogP contribution in [0.5, 0.6) is 5.75 Å². The van der Waals surface area contributed by atoms with Gasteiger partial charge in [-0.15, -0.1) is 0 Å². The van der Waals surface area contributed by atoms with Crippen LogP contribution in [0.25, 0.3) is 0 Å². The van der Waals surface area contributed by atoms with Crippen LogP contribution in [0, 0.1) is 0 Å². The van der Waals surface area contributed by atoms with E-state index in [0.29, 0.717) is 12.0 Å². The van der Waals surface area contributed by atoms with Crippen LogP contribution in [0.2, 0.25) is 0 Å². The van der Waals surface area contributed by atoms with E-state index in [1.54, 1.807) is 13.8 Å². The zero-order valence-corrected chi connectivity index (χ0v) is 11.1. The van der Waals surface area contributed by atoms with Crippen molar-refractivity contribution < 1.29 is 18.3 Å². The fourth-order valence-corrected chi connectivity index (χ4v) is 1.96. The van der Waals surface area contributed by atoms with Crippen molar-refractivity contribution in [3.8, 4) is 5.75 Å². The van der Waals surface area contributed by atoms with Gasteiger partial charge in [-0.25, -0.2) is 0 Å². The van der Waals surface area contributed by atoms with Gasteiger partial charge in [-0.2, -0.15) is 13.2 Å². The van der Waals surface area contributed by atoms with Crippen molar-refractivity contribution in [2.24, 2.45) is 0 Å². The van der Waals surface area contributed by atoms with Crippen molar-refractivity contribution in [3.63, 3.8) is 0 Å². The fourth-order valence-electron chi connectivity index (χ4n) is 1.96. The SMILES string of the molecule is CCC(C)c1cc(C(F)(F)F)c(C(C)C)cc1O. The molecule has 1 atom stereocenters. The highest BCUT2D eigenvalue weighted by Crippen LogP contribution is 2.40. The number of benzene rings is 1. The summed E-state index contributed by atoms with van der Waals surface area (Å²) < 4.78 is 39.0. The molecule has 0 bridgehead atoms. The van der Waals surface area contributed by atoms with E-state index in [2.05, 4.69) is 0 Å². The Morgan fingerprint density at radius 2 is 1.67 bits per heavy atom. The minimum Gasteiger partial charge on any atom is -0.508 e. The second-order valence-corrected chi connectivity index (χ2v) is 4.96. The molecular formula is C14H19F3O. The summed E-state index contributed by atoms with van der Waals surface area (Å²) in [6, 6.07) is 2.35. The third-order valence-corrected chi connectivity index (χ3v) is 3.27. The summed E-state index contributed by atoms with van der Waals surface area (Å²) >= 11 is 0. The molecule has 0 amide bonds. The van der Waals surface area contributed by atoms with E-state index in [4.69, 9.17) is 0 Å². The van der Waals surface area contributed by atoms with Crippen LogP contribution in [-0.4, -0.2) is 5.11 Å². The molecule has 1 aromatic carbocycles. The largest absolute Gasteiger partial charge is 0.508 e. The summed E-state index contributed by atoms with van der Waals surface area (Å²) in [5, 5.41) is 9.86. The predicted molar refractivity (Wildman–Crippen MR) is 65.9 cm³/mol. The van der Waals surface area contributed by atoms with E-state index in [0.717, 1.165) is 6.07 Å². The Labute approximate surface area is 106 Å². The normalized spacial score (nSPS) is 14.0. The van der Waals surface area contributed by atoms with Gasteiger partial charge in [0.15, 0.2) is 0 Å². The predicted octanol–water partition coefficient (Wildman–Crippen LogP) is 5.05. The van der Waals surface area contributed by atoms with E-state index >= 15 is 0 Å². The zero-order valence-electron chi connectivity index (χ0n) is 11.1. The van der Waals surface area contributed by atoms with Gasteiger partial charge in [0.2, 0.25) is 0 Å². The second kappa shape index (κ2) is 5.21. The molecule has 1 rings (SSSR count). The van der Waals surface area contributed by atoms with Crippen LogP contribution < -0.4 is 0 Å². The molecule has 102 valence electrons. The number of hydrogen-bond acceptors (Lipinski definition) is 1. The first-order chi connectivity index (χ1) is 8.18. The summed E-state index contributed by atoms with van der Waals surface area (Å²) in [7, 11) is 0. The topological polar surface area (TPSA) is 20.2 Å². The van der Waals surface area contributed by atoms with E-state index in [-0.39, 0.29) is 23.1 Å². The minimum atomic E-state index is -4.38. The molecule has 0 aromatic heterocycles. The van der Waals surface area contributed by atoms with Gasteiger partial charge < -0.3 is 5.11 Å². The van der Waals surface area contributed by atoms with Gasteiger partial charge in [0.05, 0.1) is 5.56 Å². The fraction of sp³-hybridized carbons (Fsp3) is 0.571. The smallest absolute Gasteiger partial charge is 0.416 e. The van der Waals surface area contributed by atoms with Crippen LogP contribution >= 0.6 is 0 Å². The summed E-state index contributed by atoms with van der Waals surface area (Å²) in [6.07, 6.45) is -3.69. The van der Waals surface area contributed by atoms with Crippen molar-refractivity contribution >= 4 is 0 Å². The van der Waals surface area contributed by atoms with E-state index in [1.807, 2.05) is 13.8 Å². The summed E-state index contributed by atoms with van der Waals surface area (Å²) in [5.74, 6) is -0.410. The Bertz CT molecular complexity index is 422. The highest BCUT2D eigenvalue weighted by molar-refractivity contribution is 5.46. The monoisotopic (exact) mass is 260 g/mol. The van der Waals surface area contributed by atoms with Crippen LogP contribution in [0.15, 0.2) is 12.1 Å². The maximum Gasteiger partial charge on any atom is 0.416 e. The lowest BCUT2D eigenvalue weighted by molar-refractivity contribution is -0.138. The van der Waals surface area contributed by atoms with Gasteiger partial charge in [0.1, 0.15) is 5.75 Å². The maximum atomic E-state index is 13.0. The zero-order chi connectivity index (χ0) is 14.1. The Morgan fingerprint density at radius 1 is 1.11 bits per heavy atom. The summed E-state index contributed by atoms with van der Waals surface area (Å²) in [5.41, 5.74) is -0.119. The van der Waals surface area contributed by atoms with Crippen molar-refractivity contribution in [1.29, 1.82) is 0 Å². The molecule has 0 aliphatic rings. The first kappa shape index (κ1) is 14.9. The maximum absolute atomic E-state index is 13.0. The molecule has 0 radical (unpaired) electrons. The van der Waals surface area contributed by atoms with Crippen molar-refractivity contribution in [2.45, 2.75) is 52.1 Å². The minimum absolute atomic E-state index is 0.0407.